The van der Waals surface area contributed by atoms with Gasteiger partial charge >= 0.3 is 0 Å². The van der Waals surface area contributed by atoms with Crippen LogP contribution in [0.25, 0.3) is 0 Å². The molecule has 20 heavy (non-hydrogen) atoms. The van der Waals surface area contributed by atoms with Gasteiger partial charge in [-0.15, -0.1) is 0 Å². The van der Waals surface area contributed by atoms with Crippen molar-refractivity contribution in [1.82, 2.24) is 9.78 Å². The van der Waals surface area contributed by atoms with E-state index in [1.165, 1.54) is 12.1 Å². The number of halogens is 2. The van der Waals surface area contributed by atoms with Crippen LogP contribution in [0.3, 0.4) is 0 Å². The summed E-state index contributed by atoms with van der Waals surface area (Å²) in [6.07, 6.45) is 0.797. The van der Waals surface area contributed by atoms with Gasteiger partial charge in [-0.05, 0) is 46.0 Å². The third-order valence-corrected chi connectivity index (χ3v) is 4.24. The monoisotopic (exact) mass is 337 g/mol. The van der Waals surface area contributed by atoms with Crippen LogP contribution in [-0.2, 0) is 11.8 Å². The number of benzene rings is 1. The zero-order chi connectivity index (χ0) is 14.3. The van der Waals surface area contributed by atoms with Gasteiger partial charge in [0.2, 0.25) is 5.91 Å². The lowest BCUT2D eigenvalue weighted by Crippen LogP contribution is -2.15. The molecule has 2 aromatic rings. The number of nitrogens with one attached hydrogen (secondary N) is 1. The molecule has 1 aliphatic carbocycles. The topological polar surface area (TPSA) is 46.9 Å². The number of hydrogen-bond donors (Lipinski definition) is 1. The van der Waals surface area contributed by atoms with Gasteiger partial charge in [0.05, 0.1) is 0 Å². The van der Waals surface area contributed by atoms with Crippen molar-refractivity contribution >= 4 is 27.7 Å². The highest BCUT2D eigenvalue weighted by Crippen LogP contribution is 2.47. The van der Waals surface area contributed by atoms with Crippen LogP contribution in [0.2, 0.25) is 0 Å². The molecule has 1 amide bonds. The highest BCUT2D eigenvalue weighted by molar-refractivity contribution is 9.10. The number of carbonyl (C=O) groups is 1. The highest BCUT2D eigenvalue weighted by Gasteiger charge is 2.44. The smallest absolute Gasteiger partial charge is 0.229 e. The molecule has 0 saturated heterocycles. The number of aryl methyl sites for hydroxylation is 1. The number of aromatic nitrogens is 2. The molecule has 1 aliphatic rings. The van der Waals surface area contributed by atoms with E-state index in [4.69, 9.17) is 0 Å². The van der Waals surface area contributed by atoms with Crippen LogP contribution in [0.15, 0.2) is 34.9 Å². The summed E-state index contributed by atoms with van der Waals surface area (Å²) in [5.74, 6) is 0.372. The van der Waals surface area contributed by atoms with Gasteiger partial charge in [-0.25, -0.2) is 4.39 Å². The van der Waals surface area contributed by atoms with Crippen LogP contribution in [0.1, 0.15) is 17.9 Å². The molecule has 0 aliphatic heterocycles. The first kappa shape index (κ1) is 13.3. The molecule has 1 heterocycles. The lowest BCUT2D eigenvalue weighted by Gasteiger charge is -2.02. The van der Waals surface area contributed by atoms with Gasteiger partial charge in [-0.1, -0.05) is 12.1 Å². The number of rotatable bonds is 3. The van der Waals surface area contributed by atoms with E-state index < -0.39 is 0 Å². The molecule has 0 radical (unpaired) electrons. The quantitative estimate of drug-likeness (QED) is 0.935. The lowest BCUT2D eigenvalue weighted by molar-refractivity contribution is -0.117. The van der Waals surface area contributed by atoms with E-state index in [0.717, 1.165) is 16.6 Å². The summed E-state index contributed by atoms with van der Waals surface area (Å²) in [4.78, 5) is 12.1. The Morgan fingerprint density at radius 2 is 2.15 bits per heavy atom. The maximum absolute atomic E-state index is 12.9. The Kier molecular flexibility index (Phi) is 3.33. The van der Waals surface area contributed by atoms with Crippen molar-refractivity contribution < 1.29 is 9.18 Å². The van der Waals surface area contributed by atoms with Crippen molar-refractivity contribution in [3.63, 3.8) is 0 Å². The lowest BCUT2D eigenvalue weighted by atomic mass is 10.1. The molecule has 0 bridgehead atoms. The van der Waals surface area contributed by atoms with Crippen molar-refractivity contribution in [3.8, 4) is 0 Å². The van der Waals surface area contributed by atoms with Crippen LogP contribution in [0.5, 0.6) is 0 Å². The van der Waals surface area contributed by atoms with Crippen LogP contribution in [0, 0.1) is 11.7 Å². The molecule has 4 nitrogen and oxygen atoms in total. The predicted molar refractivity (Wildman–Crippen MR) is 76.8 cm³/mol. The molecular weight excluding hydrogens is 325 g/mol. The largest absolute Gasteiger partial charge is 0.309 e. The summed E-state index contributed by atoms with van der Waals surface area (Å²) in [5, 5.41) is 6.96. The van der Waals surface area contributed by atoms with Gasteiger partial charge in [0, 0.05) is 19.0 Å². The molecule has 2 unspecified atom stereocenters. The fourth-order valence-electron chi connectivity index (χ4n) is 2.29. The van der Waals surface area contributed by atoms with Gasteiger partial charge in [0.15, 0.2) is 5.82 Å². The number of hydrogen-bond acceptors (Lipinski definition) is 2. The molecule has 2 atom stereocenters. The van der Waals surface area contributed by atoms with E-state index in [2.05, 4.69) is 26.3 Å². The Hall–Kier alpha value is -1.69. The number of nitrogens with zero attached hydrogens (tertiary/aromatic N) is 2. The van der Waals surface area contributed by atoms with Gasteiger partial charge < -0.3 is 5.32 Å². The molecule has 1 saturated carbocycles. The van der Waals surface area contributed by atoms with E-state index in [1.807, 2.05) is 0 Å². The van der Waals surface area contributed by atoms with Crippen LogP contribution >= 0.6 is 15.9 Å². The zero-order valence-electron chi connectivity index (χ0n) is 10.8. The van der Waals surface area contributed by atoms with Crippen LogP contribution < -0.4 is 5.32 Å². The van der Waals surface area contributed by atoms with Crippen molar-refractivity contribution in [3.05, 3.63) is 46.3 Å². The molecule has 104 valence electrons. The first-order valence-corrected chi connectivity index (χ1v) is 7.10. The molecule has 1 aromatic carbocycles. The molecule has 0 spiro atoms. The maximum Gasteiger partial charge on any atom is 0.229 e. The molecular formula is C14H13BrFN3O. The van der Waals surface area contributed by atoms with Crippen molar-refractivity contribution in [2.45, 2.75) is 12.3 Å². The van der Waals surface area contributed by atoms with Crippen LogP contribution in [-0.4, -0.2) is 15.7 Å². The van der Waals surface area contributed by atoms with E-state index >= 15 is 0 Å². The van der Waals surface area contributed by atoms with Gasteiger partial charge in [0.25, 0.3) is 0 Å². The zero-order valence-corrected chi connectivity index (χ0v) is 12.4. The summed E-state index contributed by atoms with van der Waals surface area (Å²) in [7, 11) is 1.79. The van der Waals surface area contributed by atoms with Crippen molar-refractivity contribution in [1.29, 1.82) is 0 Å². The Labute approximate surface area is 124 Å². The normalized spacial score (nSPS) is 20.8. The summed E-state index contributed by atoms with van der Waals surface area (Å²) >= 11 is 3.33. The predicted octanol–water partition coefficient (Wildman–Crippen LogP) is 3.06. The van der Waals surface area contributed by atoms with Crippen LogP contribution in [0.4, 0.5) is 10.2 Å². The van der Waals surface area contributed by atoms with E-state index in [1.54, 1.807) is 29.9 Å². The summed E-state index contributed by atoms with van der Waals surface area (Å²) in [5.41, 5.74) is 1.01. The van der Waals surface area contributed by atoms with Gasteiger partial charge in [-0.3, -0.25) is 9.48 Å². The highest BCUT2D eigenvalue weighted by atomic mass is 79.9. The number of carbonyl (C=O) groups excluding carboxylic acids is 1. The molecule has 1 aromatic heterocycles. The Morgan fingerprint density at radius 3 is 2.75 bits per heavy atom. The molecule has 3 rings (SSSR count). The SMILES string of the molecule is Cn1nc(NC(=O)C2CC2c2ccc(F)cc2)cc1Br. The molecule has 1 N–H and O–H groups in total. The van der Waals surface area contributed by atoms with E-state index in [0.29, 0.717) is 5.82 Å². The van der Waals surface area contributed by atoms with E-state index in [9.17, 15) is 9.18 Å². The average Bonchev–Trinajstić information content (AvgIpc) is 3.13. The molecule has 6 heteroatoms. The Morgan fingerprint density at radius 1 is 1.45 bits per heavy atom. The standard InChI is InChI=1S/C14H13BrFN3O/c1-19-12(15)7-13(18-19)17-14(20)11-6-10(11)8-2-4-9(16)5-3-8/h2-5,7,10-11H,6H2,1H3,(H,17,18,20). The third kappa shape index (κ3) is 2.60. The summed E-state index contributed by atoms with van der Waals surface area (Å²) in [6.45, 7) is 0. The first-order valence-electron chi connectivity index (χ1n) is 6.30. The minimum Gasteiger partial charge on any atom is -0.309 e. The Bertz CT molecular complexity index is 633. The second kappa shape index (κ2) is 5.01. The van der Waals surface area contributed by atoms with Gasteiger partial charge in [-0.2, -0.15) is 5.10 Å². The van der Waals surface area contributed by atoms with E-state index in [-0.39, 0.29) is 23.6 Å². The average molecular weight is 338 g/mol. The summed E-state index contributed by atoms with van der Waals surface area (Å²) in [6, 6.07) is 8.10. The third-order valence-electron chi connectivity index (χ3n) is 3.50. The minimum atomic E-state index is -0.256. The fourth-order valence-corrected chi connectivity index (χ4v) is 2.58. The van der Waals surface area contributed by atoms with Crippen molar-refractivity contribution in [2.75, 3.05) is 5.32 Å². The Balaban J connectivity index is 1.64. The second-order valence-corrected chi connectivity index (χ2v) is 5.78. The number of amides is 1. The fraction of sp³-hybridized carbons (Fsp3) is 0.286. The molecule has 1 fully saturated rings. The first-order chi connectivity index (χ1) is 9.54. The minimum absolute atomic E-state index is 0.0371. The number of anilines is 1. The second-order valence-electron chi connectivity index (χ2n) is 4.97. The van der Waals surface area contributed by atoms with Crippen molar-refractivity contribution in [2.24, 2.45) is 13.0 Å². The summed E-state index contributed by atoms with van der Waals surface area (Å²) < 4.78 is 15.3. The maximum atomic E-state index is 12.9. The van der Waals surface area contributed by atoms with Gasteiger partial charge in [0.1, 0.15) is 10.4 Å².